The van der Waals surface area contributed by atoms with Crippen LogP contribution in [0, 0.1) is 0 Å². The third-order valence-corrected chi connectivity index (χ3v) is 4.81. The van der Waals surface area contributed by atoms with Gasteiger partial charge in [-0.25, -0.2) is 4.79 Å². The predicted molar refractivity (Wildman–Crippen MR) is 106 cm³/mol. The molecule has 1 fully saturated rings. The molecule has 1 aliphatic rings. The minimum Gasteiger partial charge on any atom is -0.471 e. The molecule has 0 saturated carbocycles. The van der Waals surface area contributed by atoms with Gasteiger partial charge in [0.1, 0.15) is 18.8 Å². The molecule has 1 aliphatic heterocycles. The Morgan fingerprint density at radius 1 is 1.21 bits per heavy atom. The van der Waals surface area contributed by atoms with Gasteiger partial charge in [-0.05, 0) is 18.2 Å². The summed E-state index contributed by atoms with van der Waals surface area (Å²) in [4.78, 5) is 36.2. The summed E-state index contributed by atoms with van der Waals surface area (Å²) in [6.07, 6.45) is 3.09. The largest absolute Gasteiger partial charge is 0.471 e. The summed E-state index contributed by atoms with van der Waals surface area (Å²) in [7, 11) is 3.18. The molecule has 29 heavy (non-hydrogen) atoms. The van der Waals surface area contributed by atoms with Gasteiger partial charge in [0.15, 0.2) is 0 Å². The van der Waals surface area contributed by atoms with Crippen LogP contribution in [0.1, 0.15) is 5.69 Å². The summed E-state index contributed by atoms with van der Waals surface area (Å²) in [6, 6.07) is 9.32. The summed E-state index contributed by atoms with van der Waals surface area (Å²) < 4.78 is 12.3. The summed E-state index contributed by atoms with van der Waals surface area (Å²) in [5.41, 5.74) is 2.29. The van der Waals surface area contributed by atoms with E-state index in [0.717, 1.165) is 16.8 Å². The van der Waals surface area contributed by atoms with Crippen molar-refractivity contribution in [1.82, 2.24) is 19.4 Å². The fourth-order valence-electron chi connectivity index (χ4n) is 3.35. The standard InChI is InChI=1S/C20H21N5O4/c1-23-11-16(25-10-9-24(12-18(25)26)20(27)28-2)15-6-7-17(22-19(15)23)29-13-14-5-3-4-8-21-14/h3-8,11H,9-10,12-13H2,1-2H3. The fourth-order valence-corrected chi connectivity index (χ4v) is 3.35. The van der Waals surface area contributed by atoms with E-state index in [1.165, 1.54) is 12.0 Å². The highest BCUT2D eigenvalue weighted by molar-refractivity contribution is 6.04. The summed E-state index contributed by atoms with van der Waals surface area (Å²) in [5.74, 6) is 0.322. The number of aromatic nitrogens is 3. The van der Waals surface area contributed by atoms with Gasteiger partial charge in [-0.1, -0.05) is 6.07 Å². The zero-order chi connectivity index (χ0) is 20.4. The second-order valence-electron chi connectivity index (χ2n) is 6.69. The number of ether oxygens (including phenoxy) is 2. The van der Waals surface area contributed by atoms with Crippen molar-refractivity contribution in [3.05, 3.63) is 48.4 Å². The maximum atomic E-state index is 12.6. The van der Waals surface area contributed by atoms with Crippen LogP contribution in [0.15, 0.2) is 42.7 Å². The second-order valence-corrected chi connectivity index (χ2v) is 6.69. The lowest BCUT2D eigenvalue weighted by Crippen LogP contribution is -2.52. The van der Waals surface area contributed by atoms with E-state index in [1.807, 2.05) is 42.1 Å². The first-order chi connectivity index (χ1) is 14.1. The lowest BCUT2D eigenvalue weighted by molar-refractivity contribution is -0.120. The molecule has 1 saturated heterocycles. The smallest absolute Gasteiger partial charge is 0.410 e. The number of amides is 2. The van der Waals surface area contributed by atoms with Crippen molar-refractivity contribution in [1.29, 1.82) is 0 Å². The fraction of sp³-hybridized carbons (Fsp3) is 0.300. The monoisotopic (exact) mass is 395 g/mol. The number of anilines is 1. The first-order valence-corrected chi connectivity index (χ1v) is 9.19. The van der Waals surface area contributed by atoms with E-state index in [9.17, 15) is 9.59 Å². The Hall–Kier alpha value is -3.62. The summed E-state index contributed by atoms with van der Waals surface area (Å²) in [6.45, 7) is 1.12. The van der Waals surface area contributed by atoms with E-state index in [2.05, 4.69) is 9.97 Å². The average Bonchev–Trinajstić information content (AvgIpc) is 3.08. The first kappa shape index (κ1) is 18.7. The number of carbonyl (C=O) groups is 2. The van der Waals surface area contributed by atoms with Gasteiger partial charge in [0, 0.05) is 44.0 Å². The molecule has 3 aromatic rings. The van der Waals surface area contributed by atoms with E-state index in [-0.39, 0.29) is 12.5 Å². The van der Waals surface area contributed by atoms with Gasteiger partial charge in [-0.15, -0.1) is 0 Å². The van der Waals surface area contributed by atoms with Crippen LogP contribution in [0.2, 0.25) is 0 Å². The number of methoxy groups -OCH3 is 1. The Labute approximate surface area is 167 Å². The van der Waals surface area contributed by atoms with E-state index in [4.69, 9.17) is 9.47 Å². The molecular weight excluding hydrogens is 374 g/mol. The molecule has 4 rings (SSSR count). The molecule has 4 heterocycles. The van der Waals surface area contributed by atoms with E-state index >= 15 is 0 Å². The molecule has 0 radical (unpaired) electrons. The van der Waals surface area contributed by atoms with E-state index in [1.54, 1.807) is 17.2 Å². The van der Waals surface area contributed by atoms with Crippen LogP contribution in [0.25, 0.3) is 11.0 Å². The van der Waals surface area contributed by atoms with Crippen molar-refractivity contribution in [3.63, 3.8) is 0 Å². The van der Waals surface area contributed by atoms with Crippen molar-refractivity contribution in [3.8, 4) is 5.88 Å². The molecule has 0 atom stereocenters. The van der Waals surface area contributed by atoms with Crippen molar-refractivity contribution in [2.24, 2.45) is 7.05 Å². The second kappa shape index (κ2) is 7.78. The Balaban J connectivity index is 1.54. The Morgan fingerprint density at radius 2 is 2.07 bits per heavy atom. The van der Waals surface area contributed by atoms with Crippen LogP contribution in [-0.2, 0) is 23.2 Å². The van der Waals surface area contributed by atoms with Gasteiger partial charge in [0.25, 0.3) is 0 Å². The van der Waals surface area contributed by atoms with E-state index in [0.29, 0.717) is 31.2 Å². The maximum absolute atomic E-state index is 12.6. The molecule has 0 aromatic carbocycles. The number of fused-ring (bicyclic) bond motifs is 1. The third kappa shape index (κ3) is 3.71. The number of hydrogen-bond acceptors (Lipinski definition) is 6. The van der Waals surface area contributed by atoms with Gasteiger partial charge < -0.3 is 18.9 Å². The van der Waals surface area contributed by atoms with Crippen molar-refractivity contribution >= 4 is 28.7 Å². The van der Waals surface area contributed by atoms with Gasteiger partial charge in [-0.3, -0.25) is 14.7 Å². The SMILES string of the molecule is COC(=O)N1CCN(c2cn(C)c3nc(OCc4ccccn4)ccc23)C(=O)C1. The van der Waals surface area contributed by atoms with Crippen LogP contribution in [0.4, 0.5) is 10.5 Å². The van der Waals surface area contributed by atoms with Crippen LogP contribution >= 0.6 is 0 Å². The highest BCUT2D eigenvalue weighted by Crippen LogP contribution is 2.30. The molecular formula is C20H21N5O4. The zero-order valence-electron chi connectivity index (χ0n) is 16.2. The van der Waals surface area contributed by atoms with Gasteiger partial charge >= 0.3 is 6.09 Å². The number of piperazine rings is 1. The Bertz CT molecular complexity index is 1050. The van der Waals surface area contributed by atoms with Crippen molar-refractivity contribution in [2.45, 2.75) is 6.61 Å². The highest BCUT2D eigenvalue weighted by atomic mass is 16.5. The molecule has 0 unspecified atom stereocenters. The third-order valence-electron chi connectivity index (χ3n) is 4.81. The Morgan fingerprint density at radius 3 is 2.79 bits per heavy atom. The zero-order valence-corrected chi connectivity index (χ0v) is 16.2. The molecule has 150 valence electrons. The number of nitrogens with zero attached hydrogens (tertiary/aromatic N) is 5. The molecule has 3 aromatic heterocycles. The maximum Gasteiger partial charge on any atom is 0.410 e. The minimum absolute atomic E-state index is 0.0121. The van der Waals surface area contributed by atoms with Crippen LogP contribution < -0.4 is 9.64 Å². The number of rotatable bonds is 4. The molecule has 2 amide bonds. The lowest BCUT2D eigenvalue weighted by Gasteiger charge is -2.33. The summed E-state index contributed by atoms with van der Waals surface area (Å²) in [5, 5.41) is 0.845. The molecule has 0 bridgehead atoms. The average molecular weight is 395 g/mol. The van der Waals surface area contributed by atoms with Crippen LogP contribution in [-0.4, -0.2) is 58.2 Å². The Kier molecular flexibility index (Phi) is 5.03. The number of hydrogen-bond donors (Lipinski definition) is 0. The minimum atomic E-state index is -0.493. The molecule has 0 spiro atoms. The van der Waals surface area contributed by atoms with Gasteiger partial charge in [0.2, 0.25) is 11.8 Å². The quantitative estimate of drug-likeness (QED) is 0.671. The van der Waals surface area contributed by atoms with Crippen molar-refractivity contribution < 1.29 is 19.1 Å². The molecule has 9 nitrogen and oxygen atoms in total. The van der Waals surface area contributed by atoms with Crippen LogP contribution in [0.5, 0.6) is 5.88 Å². The number of aryl methyl sites for hydroxylation is 1. The first-order valence-electron chi connectivity index (χ1n) is 9.19. The number of carbonyl (C=O) groups excluding carboxylic acids is 2. The van der Waals surface area contributed by atoms with Crippen molar-refractivity contribution in [2.75, 3.05) is 31.6 Å². The normalized spacial score (nSPS) is 14.3. The number of pyridine rings is 2. The van der Waals surface area contributed by atoms with Crippen LogP contribution in [0.3, 0.4) is 0 Å². The van der Waals surface area contributed by atoms with Gasteiger partial charge in [0.05, 0.1) is 18.5 Å². The lowest BCUT2D eigenvalue weighted by atomic mass is 10.2. The molecule has 9 heteroatoms. The van der Waals surface area contributed by atoms with E-state index < -0.39 is 6.09 Å². The molecule has 0 N–H and O–H groups in total. The molecule has 0 aliphatic carbocycles. The highest BCUT2D eigenvalue weighted by Gasteiger charge is 2.30. The topological polar surface area (TPSA) is 89.8 Å². The predicted octanol–water partition coefficient (Wildman–Crippen LogP) is 1.96. The summed E-state index contributed by atoms with van der Waals surface area (Å²) >= 11 is 0. The van der Waals surface area contributed by atoms with Gasteiger partial charge in [-0.2, -0.15) is 4.98 Å².